The van der Waals surface area contributed by atoms with Gasteiger partial charge in [-0.3, -0.25) is 29.0 Å². The average Bonchev–Trinajstić information content (AvgIpc) is 3.38. The SMILES string of the molecule is CC(C)(C)OC(=O)N1CCC[C@H]1C(=O)OCN1C(=O)CCC(N2C(=O)c3cccc(N)c3C2=O)C1=O. The molecule has 5 amide bonds. The maximum absolute atomic E-state index is 13.2. The van der Waals surface area contributed by atoms with Crippen molar-refractivity contribution >= 4 is 41.4 Å². The number of hydrogen-bond acceptors (Lipinski definition) is 9. The van der Waals surface area contributed by atoms with Gasteiger partial charge >= 0.3 is 12.1 Å². The molecular weight excluding hydrogens is 472 g/mol. The number of nitrogens with two attached hydrogens (primary N) is 1. The Balaban J connectivity index is 1.44. The molecule has 0 spiro atoms. The number of benzene rings is 1. The molecule has 2 atom stereocenters. The Morgan fingerprint density at radius 1 is 1.08 bits per heavy atom. The van der Waals surface area contributed by atoms with Crippen molar-refractivity contribution < 1.29 is 38.2 Å². The zero-order valence-corrected chi connectivity index (χ0v) is 20.3. The second-order valence-corrected chi connectivity index (χ2v) is 9.89. The monoisotopic (exact) mass is 500 g/mol. The van der Waals surface area contributed by atoms with E-state index in [1.165, 1.54) is 23.1 Å². The lowest BCUT2D eigenvalue weighted by Crippen LogP contribution is -2.57. The lowest BCUT2D eigenvalue weighted by atomic mass is 10.0. The maximum Gasteiger partial charge on any atom is 0.411 e. The fourth-order valence-corrected chi connectivity index (χ4v) is 4.58. The number of amides is 5. The van der Waals surface area contributed by atoms with Gasteiger partial charge in [0.1, 0.15) is 17.7 Å². The summed E-state index contributed by atoms with van der Waals surface area (Å²) in [6.07, 6.45) is 0.0641. The minimum Gasteiger partial charge on any atom is -0.444 e. The third kappa shape index (κ3) is 4.50. The predicted molar refractivity (Wildman–Crippen MR) is 123 cm³/mol. The Morgan fingerprint density at radius 3 is 2.47 bits per heavy atom. The van der Waals surface area contributed by atoms with Crippen LogP contribution in [0.1, 0.15) is 67.2 Å². The van der Waals surface area contributed by atoms with Crippen LogP contribution in [0.25, 0.3) is 0 Å². The van der Waals surface area contributed by atoms with E-state index in [1.54, 1.807) is 20.8 Å². The maximum atomic E-state index is 13.2. The van der Waals surface area contributed by atoms with E-state index in [0.29, 0.717) is 24.3 Å². The molecule has 0 saturated carbocycles. The molecule has 3 aliphatic rings. The van der Waals surface area contributed by atoms with Crippen molar-refractivity contribution in [3.63, 3.8) is 0 Å². The van der Waals surface area contributed by atoms with Crippen LogP contribution >= 0.6 is 0 Å². The summed E-state index contributed by atoms with van der Waals surface area (Å²) in [5.41, 5.74) is 5.34. The Kier molecular flexibility index (Phi) is 6.46. The molecule has 12 heteroatoms. The van der Waals surface area contributed by atoms with Gasteiger partial charge in [0, 0.05) is 18.7 Å². The van der Waals surface area contributed by atoms with Gasteiger partial charge in [-0.1, -0.05) is 6.07 Å². The number of carbonyl (C=O) groups is 6. The molecule has 0 aliphatic carbocycles. The van der Waals surface area contributed by atoms with Gasteiger partial charge < -0.3 is 15.2 Å². The lowest BCUT2D eigenvalue weighted by Gasteiger charge is -2.34. The lowest BCUT2D eigenvalue weighted by molar-refractivity contribution is -0.166. The van der Waals surface area contributed by atoms with Gasteiger partial charge in [0.15, 0.2) is 6.73 Å². The molecule has 0 bridgehead atoms. The molecule has 2 N–H and O–H groups in total. The van der Waals surface area contributed by atoms with Crippen molar-refractivity contribution in [1.82, 2.24) is 14.7 Å². The summed E-state index contributed by atoms with van der Waals surface area (Å²) in [6.45, 7) is 4.74. The highest BCUT2D eigenvalue weighted by atomic mass is 16.6. The number of carbonyl (C=O) groups excluding carboxylic acids is 6. The quantitative estimate of drug-likeness (QED) is 0.365. The van der Waals surface area contributed by atoms with Crippen LogP contribution in [0.15, 0.2) is 18.2 Å². The van der Waals surface area contributed by atoms with Gasteiger partial charge in [-0.25, -0.2) is 14.5 Å². The number of esters is 1. The fourth-order valence-electron chi connectivity index (χ4n) is 4.58. The zero-order valence-electron chi connectivity index (χ0n) is 20.3. The number of piperidine rings is 1. The molecule has 3 heterocycles. The van der Waals surface area contributed by atoms with Gasteiger partial charge in [-0.2, -0.15) is 0 Å². The molecule has 36 heavy (non-hydrogen) atoms. The molecular formula is C24H28N4O8. The number of rotatable bonds is 4. The molecule has 12 nitrogen and oxygen atoms in total. The molecule has 0 radical (unpaired) electrons. The van der Waals surface area contributed by atoms with E-state index in [-0.39, 0.29) is 29.7 Å². The molecule has 1 aromatic rings. The standard InChI is InChI=1S/C24H28N4O8/c1-24(2,3)36-23(34)26-11-5-8-16(26)22(33)35-12-27-17(29)10-9-15(20(27)31)28-19(30)13-6-4-7-14(25)18(13)21(28)32/h4,6-7,15-16H,5,8-12,25H2,1-3H3/t15?,16-/m0/s1. The summed E-state index contributed by atoms with van der Waals surface area (Å²) < 4.78 is 10.6. The molecule has 1 aromatic carbocycles. The van der Waals surface area contributed by atoms with Gasteiger partial charge in [0.25, 0.3) is 17.7 Å². The van der Waals surface area contributed by atoms with Crippen molar-refractivity contribution in [2.24, 2.45) is 0 Å². The Morgan fingerprint density at radius 2 is 1.81 bits per heavy atom. The second kappa shape index (κ2) is 9.25. The first-order chi connectivity index (χ1) is 16.9. The highest BCUT2D eigenvalue weighted by molar-refractivity contribution is 6.25. The minimum absolute atomic E-state index is 0.0219. The van der Waals surface area contributed by atoms with Gasteiger partial charge in [-0.15, -0.1) is 0 Å². The number of fused-ring (bicyclic) bond motifs is 1. The van der Waals surface area contributed by atoms with Crippen LogP contribution in [-0.4, -0.2) is 81.4 Å². The Bertz CT molecular complexity index is 1160. The summed E-state index contributed by atoms with van der Waals surface area (Å²) in [5.74, 6) is -3.60. The number of hydrogen-bond donors (Lipinski definition) is 1. The van der Waals surface area contributed by atoms with Crippen molar-refractivity contribution in [1.29, 1.82) is 0 Å². The second-order valence-electron chi connectivity index (χ2n) is 9.89. The number of imide groups is 2. The van der Waals surface area contributed by atoms with Crippen molar-refractivity contribution in [2.45, 2.75) is 64.1 Å². The average molecular weight is 501 g/mol. The highest BCUT2D eigenvalue weighted by Crippen LogP contribution is 2.32. The van der Waals surface area contributed by atoms with Gasteiger partial charge in [-0.05, 0) is 52.2 Å². The first kappa shape index (κ1) is 25.1. The number of nitrogens with zero attached hydrogens (tertiary/aromatic N) is 3. The van der Waals surface area contributed by atoms with Crippen LogP contribution in [-0.2, 0) is 23.9 Å². The molecule has 2 saturated heterocycles. The highest BCUT2D eigenvalue weighted by Gasteiger charge is 2.48. The van der Waals surface area contributed by atoms with Crippen molar-refractivity contribution in [3.8, 4) is 0 Å². The number of ether oxygens (including phenoxy) is 2. The number of anilines is 1. The van der Waals surface area contributed by atoms with E-state index >= 15 is 0 Å². The third-order valence-corrected chi connectivity index (χ3v) is 6.26. The third-order valence-electron chi connectivity index (χ3n) is 6.26. The van der Waals surface area contributed by atoms with Crippen LogP contribution in [0, 0.1) is 0 Å². The molecule has 4 rings (SSSR count). The normalized spacial score (nSPS) is 22.2. The van der Waals surface area contributed by atoms with Crippen molar-refractivity contribution in [3.05, 3.63) is 29.3 Å². The van der Waals surface area contributed by atoms with E-state index in [0.717, 1.165) is 4.90 Å². The summed E-state index contributed by atoms with van der Waals surface area (Å²) in [4.78, 5) is 79.5. The van der Waals surface area contributed by atoms with E-state index < -0.39 is 60.1 Å². The summed E-state index contributed by atoms with van der Waals surface area (Å²) in [6, 6.07) is 2.31. The summed E-state index contributed by atoms with van der Waals surface area (Å²) in [5, 5.41) is 0. The van der Waals surface area contributed by atoms with Crippen LogP contribution < -0.4 is 5.73 Å². The Hall–Kier alpha value is -3.96. The Labute approximate surface area is 207 Å². The van der Waals surface area contributed by atoms with Gasteiger partial charge in [0.2, 0.25) is 5.91 Å². The van der Waals surface area contributed by atoms with Crippen LogP contribution in [0.3, 0.4) is 0 Å². The van der Waals surface area contributed by atoms with Crippen LogP contribution in [0.2, 0.25) is 0 Å². The van der Waals surface area contributed by atoms with E-state index in [4.69, 9.17) is 15.2 Å². The molecule has 192 valence electrons. The molecule has 1 unspecified atom stereocenters. The fraction of sp³-hybridized carbons (Fsp3) is 0.500. The molecule has 0 aromatic heterocycles. The summed E-state index contributed by atoms with van der Waals surface area (Å²) in [7, 11) is 0. The zero-order chi connectivity index (χ0) is 26.4. The topological polar surface area (TPSA) is 157 Å². The smallest absolute Gasteiger partial charge is 0.411 e. The largest absolute Gasteiger partial charge is 0.444 e. The van der Waals surface area contributed by atoms with Crippen LogP contribution in [0.4, 0.5) is 10.5 Å². The first-order valence-electron chi connectivity index (χ1n) is 11.7. The number of likely N-dealkylation sites (tertiary alicyclic amines) is 2. The first-order valence-corrected chi connectivity index (χ1v) is 11.7. The molecule has 2 fully saturated rings. The van der Waals surface area contributed by atoms with E-state index in [9.17, 15) is 28.8 Å². The molecule has 3 aliphatic heterocycles. The number of nitrogen functional groups attached to an aromatic ring is 1. The van der Waals surface area contributed by atoms with E-state index in [2.05, 4.69) is 0 Å². The van der Waals surface area contributed by atoms with E-state index in [1.807, 2.05) is 0 Å². The predicted octanol–water partition coefficient (Wildman–Crippen LogP) is 1.28. The summed E-state index contributed by atoms with van der Waals surface area (Å²) >= 11 is 0. The minimum atomic E-state index is -1.24. The van der Waals surface area contributed by atoms with Crippen LogP contribution in [0.5, 0.6) is 0 Å². The van der Waals surface area contributed by atoms with Gasteiger partial charge in [0.05, 0.1) is 11.1 Å². The van der Waals surface area contributed by atoms with Crippen molar-refractivity contribution in [2.75, 3.05) is 19.0 Å².